The number of amides is 1. The van der Waals surface area contributed by atoms with Gasteiger partial charge < -0.3 is 15.2 Å². The number of carbonyl (C=O) groups is 2. The molecule has 144 valence electrons. The Morgan fingerprint density at radius 3 is 2.77 bits per heavy atom. The standard InChI is InChI=1S/C17H21F3N2O4/c18-17(19,20)11-26-13-5-3-4-12(8-13)9-21-15(23)10-22-7-2-1-6-14(22)16(24)25/h3-5,8,14H,1-2,6-7,9-11H2,(H,21,23)(H,24,25). The van der Waals surface area contributed by atoms with E-state index in [4.69, 9.17) is 0 Å². The van der Waals surface area contributed by atoms with Gasteiger partial charge in [-0.05, 0) is 37.1 Å². The molecule has 26 heavy (non-hydrogen) atoms. The molecular formula is C17H21F3N2O4. The van der Waals surface area contributed by atoms with Crippen LogP contribution in [0, 0.1) is 0 Å². The van der Waals surface area contributed by atoms with Crippen molar-refractivity contribution in [3.05, 3.63) is 29.8 Å². The van der Waals surface area contributed by atoms with Crippen molar-refractivity contribution in [3.63, 3.8) is 0 Å². The maximum atomic E-state index is 12.2. The van der Waals surface area contributed by atoms with Gasteiger partial charge in [-0.25, -0.2) is 0 Å². The number of ether oxygens (including phenoxy) is 1. The number of hydrogen-bond donors (Lipinski definition) is 2. The lowest BCUT2D eigenvalue weighted by Crippen LogP contribution is -2.48. The molecule has 1 aromatic rings. The van der Waals surface area contributed by atoms with Gasteiger partial charge in [-0.3, -0.25) is 14.5 Å². The van der Waals surface area contributed by atoms with Gasteiger partial charge >= 0.3 is 12.1 Å². The summed E-state index contributed by atoms with van der Waals surface area (Å²) in [4.78, 5) is 24.9. The molecule has 0 spiro atoms. The van der Waals surface area contributed by atoms with Crippen LogP contribution in [0.5, 0.6) is 5.75 Å². The zero-order chi connectivity index (χ0) is 19.2. The fourth-order valence-corrected chi connectivity index (χ4v) is 2.81. The molecule has 1 fully saturated rings. The molecule has 1 aliphatic rings. The third-order valence-corrected chi connectivity index (χ3v) is 4.04. The quantitative estimate of drug-likeness (QED) is 0.765. The second-order valence-electron chi connectivity index (χ2n) is 6.15. The number of benzene rings is 1. The van der Waals surface area contributed by atoms with Crippen LogP contribution in [0.2, 0.25) is 0 Å². The summed E-state index contributed by atoms with van der Waals surface area (Å²) >= 11 is 0. The van der Waals surface area contributed by atoms with Crippen molar-refractivity contribution in [1.29, 1.82) is 0 Å². The summed E-state index contributed by atoms with van der Waals surface area (Å²) in [5.41, 5.74) is 0.589. The van der Waals surface area contributed by atoms with Crippen LogP contribution in [0.3, 0.4) is 0 Å². The molecule has 9 heteroatoms. The molecular weight excluding hydrogens is 353 g/mol. The normalized spacial score (nSPS) is 18.3. The van der Waals surface area contributed by atoms with E-state index in [0.717, 1.165) is 12.8 Å². The molecule has 0 saturated carbocycles. The molecule has 2 rings (SSSR count). The smallest absolute Gasteiger partial charge is 0.422 e. The Kier molecular flexibility index (Phi) is 6.84. The van der Waals surface area contributed by atoms with Crippen LogP contribution in [0.1, 0.15) is 24.8 Å². The fourth-order valence-electron chi connectivity index (χ4n) is 2.81. The zero-order valence-corrected chi connectivity index (χ0v) is 14.1. The monoisotopic (exact) mass is 374 g/mol. The molecule has 0 radical (unpaired) electrons. The Morgan fingerprint density at radius 2 is 2.08 bits per heavy atom. The second-order valence-corrected chi connectivity index (χ2v) is 6.15. The van der Waals surface area contributed by atoms with Crippen LogP contribution in [0.4, 0.5) is 13.2 Å². The Balaban J connectivity index is 1.84. The van der Waals surface area contributed by atoms with E-state index in [1.807, 2.05) is 0 Å². The van der Waals surface area contributed by atoms with E-state index < -0.39 is 24.8 Å². The summed E-state index contributed by atoms with van der Waals surface area (Å²) in [7, 11) is 0. The van der Waals surface area contributed by atoms with Gasteiger partial charge in [0.15, 0.2) is 6.61 Å². The van der Waals surface area contributed by atoms with Crippen molar-refractivity contribution in [1.82, 2.24) is 10.2 Å². The van der Waals surface area contributed by atoms with E-state index in [9.17, 15) is 27.9 Å². The number of aliphatic carboxylic acids is 1. The van der Waals surface area contributed by atoms with Crippen LogP contribution < -0.4 is 10.1 Å². The Bertz CT molecular complexity index is 637. The number of rotatable bonds is 7. The first-order valence-electron chi connectivity index (χ1n) is 8.26. The summed E-state index contributed by atoms with van der Waals surface area (Å²) < 4.78 is 41.2. The van der Waals surface area contributed by atoms with Gasteiger partial charge in [-0.1, -0.05) is 18.6 Å². The molecule has 1 amide bonds. The van der Waals surface area contributed by atoms with E-state index in [1.165, 1.54) is 18.2 Å². The number of halogens is 3. The lowest BCUT2D eigenvalue weighted by Gasteiger charge is -2.32. The third-order valence-electron chi connectivity index (χ3n) is 4.04. The molecule has 0 aromatic heterocycles. The van der Waals surface area contributed by atoms with Gasteiger partial charge in [-0.2, -0.15) is 13.2 Å². The number of likely N-dealkylation sites (tertiary alicyclic amines) is 1. The fraction of sp³-hybridized carbons (Fsp3) is 0.529. The SMILES string of the molecule is O=C(CN1CCCCC1C(=O)O)NCc1cccc(OCC(F)(F)F)c1. The molecule has 1 aromatic carbocycles. The Morgan fingerprint density at radius 1 is 1.31 bits per heavy atom. The number of alkyl halides is 3. The summed E-state index contributed by atoms with van der Waals surface area (Å²) in [6.07, 6.45) is -2.24. The highest BCUT2D eigenvalue weighted by molar-refractivity contribution is 5.80. The summed E-state index contributed by atoms with van der Waals surface area (Å²) in [5.74, 6) is -1.21. The summed E-state index contributed by atoms with van der Waals surface area (Å²) in [6.45, 7) is -0.742. The minimum atomic E-state index is -4.42. The number of carboxylic acid groups (broad SMARTS) is 1. The van der Waals surface area contributed by atoms with Crippen LogP contribution in [0.15, 0.2) is 24.3 Å². The predicted octanol–water partition coefficient (Wildman–Crippen LogP) is 2.18. The van der Waals surface area contributed by atoms with Gasteiger partial charge in [0.2, 0.25) is 5.91 Å². The highest BCUT2D eigenvalue weighted by Gasteiger charge is 2.30. The second kappa shape index (κ2) is 8.88. The largest absolute Gasteiger partial charge is 0.484 e. The Hall–Kier alpha value is -2.29. The molecule has 0 bridgehead atoms. The molecule has 1 atom stereocenters. The average Bonchev–Trinajstić information content (AvgIpc) is 2.58. The molecule has 1 aliphatic heterocycles. The lowest BCUT2D eigenvalue weighted by molar-refractivity contribution is -0.153. The molecule has 0 aliphatic carbocycles. The maximum Gasteiger partial charge on any atom is 0.422 e. The first kappa shape index (κ1) is 20.0. The van der Waals surface area contributed by atoms with Crippen LogP contribution in [-0.4, -0.2) is 53.8 Å². The predicted molar refractivity (Wildman–Crippen MR) is 86.7 cm³/mol. The van der Waals surface area contributed by atoms with Gasteiger partial charge in [0.25, 0.3) is 0 Å². The summed E-state index contributed by atoms with van der Waals surface area (Å²) in [6, 6.07) is 5.36. The number of carbonyl (C=O) groups excluding carboxylic acids is 1. The molecule has 6 nitrogen and oxygen atoms in total. The van der Waals surface area contributed by atoms with E-state index in [2.05, 4.69) is 10.1 Å². The zero-order valence-electron chi connectivity index (χ0n) is 14.1. The molecule has 1 saturated heterocycles. The van der Waals surface area contributed by atoms with E-state index in [-0.39, 0.29) is 24.7 Å². The number of carboxylic acids is 1. The number of nitrogens with one attached hydrogen (secondary N) is 1. The van der Waals surface area contributed by atoms with Crippen LogP contribution in [-0.2, 0) is 16.1 Å². The molecule has 1 unspecified atom stereocenters. The van der Waals surface area contributed by atoms with Crippen LogP contribution in [0.25, 0.3) is 0 Å². The minimum absolute atomic E-state index is 0.0266. The van der Waals surface area contributed by atoms with Crippen molar-refractivity contribution in [2.75, 3.05) is 19.7 Å². The minimum Gasteiger partial charge on any atom is -0.484 e. The van der Waals surface area contributed by atoms with Crippen molar-refractivity contribution >= 4 is 11.9 Å². The van der Waals surface area contributed by atoms with Gasteiger partial charge in [-0.15, -0.1) is 0 Å². The highest BCUT2D eigenvalue weighted by atomic mass is 19.4. The summed E-state index contributed by atoms with van der Waals surface area (Å²) in [5, 5.41) is 11.9. The maximum absolute atomic E-state index is 12.2. The Labute approximate surface area is 148 Å². The van der Waals surface area contributed by atoms with Crippen molar-refractivity contribution in [2.45, 2.75) is 38.0 Å². The van der Waals surface area contributed by atoms with E-state index >= 15 is 0 Å². The molecule has 1 heterocycles. The lowest BCUT2D eigenvalue weighted by atomic mass is 10.0. The first-order chi connectivity index (χ1) is 12.2. The van der Waals surface area contributed by atoms with Crippen LogP contribution >= 0.6 is 0 Å². The van der Waals surface area contributed by atoms with Gasteiger partial charge in [0.05, 0.1) is 6.54 Å². The van der Waals surface area contributed by atoms with Crippen molar-refractivity contribution in [2.24, 2.45) is 0 Å². The highest BCUT2D eigenvalue weighted by Crippen LogP contribution is 2.19. The van der Waals surface area contributed by atoms with E-state index in [0.29, 0.717) is 18.5 Å². The number of piperidine rings is 1. The topological polar surface area (TPSA) is 78.9 Å². The van der Waals surface area contributed by atoms with Gasteiger partial charge in [0.1, 0.15) is 11.8 Å². The molecule has 2 N–H and O–H groups in total. The average molecular weight is 374 g/mol. The van der Waals surface area contributed by atoms with Crippen molar-refractivity contribution in [3.8, 4) is 5.75 Å². The first-order valence-corrected chi connectivity index (χ1v) is 8.26. The van der Waals surface area contributed by atoms with E-state index in [1.54, 1.807) is 11.0 Å². The van der Waals surface area contributed by atoms with Gasteiger partial charge in [0, 0.05) is 6.54 Å². The number of hydrogen-bond acceptors (Lipinski definition) is 4. The van der Waals surface area contributed by atoms with Crippen molar-refractivity contribution < 1.29 is 32.6 Å². The number of nitrogens with zero attached hydrogens (tertiary/aromatic N) is 1. The third kappa shape index (κ3) is 6.55.